The number of nitriles is 1. The lowest BCUT2D eigenvalue weighted by Crippen LogP contribution is -2.25. The number of hydrogen-bond donors (Lipinski definition) is 2. The van der Waals surface area contributed by atoms with Crippen LogP contribution in [0.3, 0.4) is 0 Å². The van der Waals surface area contributed by atoms with Crippen molar-refractivity contribution in [1.29, 1.82) is 5.26 Å². The van der Waals surface area contributed by atoms with Crippen molar-refractivity contribution in [2.45, 2.75) is 6.92 Å². The van der Waals surface area contributed by atoms with E-state index in [1.54, 1.807) is 12.1 Å². The molecule has 0 bridgehead atoms. The predicted octanol–water partition coefficient (Wildman–Crippen LogP) is 3.15. The van der Waals surface area contributed by atoms with Crippen molar-refractivity contribution >= 4 is 23.0 Å². The highest BCUT2D eigenvalue weighted by Gasteiger charge is 2.04. The maximum Gasteiger partial charge on any atom is 0.0998 e. The van der Waals surface area contributed by atoms with Crippen LogP contribution in [0.25, 0.3) is 11.6 Å². The van der Waals surface area contributed by atoms with Gasteiger partial charge >= 0.3 is 0 Å². The van der Waals surface area contributed by atoms with Crippen LogP contribution in [-0.2, 0) is 0 Å². The van der Waals surface area contributed by atoms with Crippen molar-refractivity contribution in [2.24, 2.45) is 0 Å². The van der Waals surface area contributed by atoms with Gasteiger partial charge in [-0.2, -0.15) is 5.26 Å². The van der Waals surface area contributed by atoms with E-state index in [1.165, 1.54) is 0 Å². The van der Waals surface area contributed by atoms with E-state index in [4.69, 9.17) is 10.8 Å². The van der Waals surface area contributed by atoms with Crippen molar-refractivity contribution in [3.63, 3.8) is 0 Å². The lowest BCUT2D eigenvalue weighted by Gasteiger charge is -2.21. The first-order chi connectivity index (χ1) is 11.2. The van der Waals surface area contributed by atoms with Gasteiger partial charge in [0.25, 0.3) is 0 Å². The van der Waals surface area contributed by atoms with Gasteiger partial charge in [0, 0.05) is 24.5 Å². The van der Waals surface area contributed by atoms with Crippen LogP contribution in [0.5, 0.6) is 0 Å². The SMILES string of the molecule is CCN(CCO)c1ccc(/C=C(\C#N)c2ccc(N)cc2)cc1. The number of aliphatic hydroxyl groups excluding tert-OH is 1. The van der Waals surface area contributed by atoms with E-state index in [0.29, 0.717) is 17.8 Å². The number of nitrogen functional groups attached to an aromatic ring is 1. The van der Waals surface area contributed by atoms with Crippen molar-refractivity contribution in [3.05, 3.63) is 59.7 Å². The molecular weight excluding hydrogens is 286 g/mol. The molecule has 2 rings (SSSR count). The van der Waals surface area contributed by atoms with Gasteiger partial charge in [0.2, 0.25) is 0 Å². The summed E-state index contributed by atoms with van der Waals surface area (Å²) in [7, 11) is 0. The number of nitrogens with two attached hydrogens (primary N) is 1. The number of allylic oxidation sites excluding steroid dienone is 1. The molecule has 0 aliphatic rings. The summed E-state index contributed by atoms with van der Waals surface area (Å²) >= 11 is 0. The molecule has 0 fully saturated rings. The maximum atomic E-state index is 9.38. The molecule has 118 valence electrons. The summed E-state index contributed by atoms with van der Waals surface area (Å²) in [5.41, 5.74) is 9.82. The van der Waals surface area contributed by atoms with E-state index in [1.807, 2.05) is 42.5 Å². The summed E-state index contributed by atoms with van der Waals surface area (Å²) in [6, 6.07) is 17.5. The largest absolute Gasteiger partial charge is 0.399 e. The zero-order chi connectivity index (χ0) is 16.7. The summed E-state index contributed by atoms with van der Waals surface area (Å²) < 4.78 is 0. The number of aliphatic hydroxyl groups is 1. The normalized spacial score (nSPS) is 11.1. The fraction of sp³-hybridized carbons (Fsp3) is 0.211. The van der Waals surface area contributed by atoms with Crippen molar-refractivity contribution in [2.75, 3.05) is 30.3 Å². The Morgan fingerprint density at radius 3 is 2.35 bits per heavy atom. The first-order valence-electron chi connectivity index (χ1n) is 7.61. The lowest BCUT2D eigenvalue weighted by molar-refractivity contribution is 0.302. The zero-order valence-corrected chi connectivity index (χ0v) is 13.2. The van der Waals surface area contributed by atoms with E-state index in [-0.39, 0.29) is 6.61 Å². The van der Waals surface area contributed by atoms with Crippen LogP contribution < -0.4 is 10.6 Å². The Morgan fingerprint density at radius 2 is 1.83 bits per heavy atom. The van der Waals surface area contributed by atoms with Gasteiger partial charge < -0.3 is 15.7 Å². The molecule has 0 atom stereocenters. The Kier molecular flexibility index (Phi) is 5.79. The van der Waals surface area contributed by atoms with Crippen molar-refractivity contribution < 1.29 is 5.11 Å². The van der Waals surface area contributed by atoms with Gasteiger partial charge in [0.15, 0.2) is 0 Å². The number of benzene rings is 2. The highest BCUT2D eigenvalue weighted by Crippen LogP contribution is 2.21. The van der Waals surface area contributed by atoms with Gasteiger partial charge in [-0.3, -0.25) is 0 Å². The molecule has 2 aromatic rings. The minimum absolute atomic E-state index is 0.130. The molecule has 0 saturated heterocycles. The minimum Gasteiger partial charge on any atom is -0.399 e. The van der Waals surface area contributed by atoms with Crippen LogP contribution in [0, 0.1) is 11.3 Å². The quantitative estimate of drug-likeness (QED) is 0.488. The summed E-state index contributed by atoms with van der Waals surface area (Å²) in [4.78, 5) is 2.10. The third-order valence-corrected chi connectivity index (χ3v) is 3.66. The van der Waals surface area contributed by atoms with Crippen LogP contribution in [-0.4, -0.2) is 24.8 Å². The first-order valence-corrected chi connectivity index (χ1v) is 7.61. The van der Waals surface area contributed by atoms with Gasteiger partial charge in [0.05, 0.1) is 18.2 Å². The molecule has 0 aliphatic heterocycles. The van der Waals surface area contributed by atoms with Crippen LogP contribution >= 0.6 is 0 Å². The number of nitrogens with zero attached hydrogens (tertiary/aromatic N) is 2. The molecule has 0 aromatic heterocycles. The summed E-state index contributed by atoms with van der Waals surface area (Å²) in [5, 5.41) is 18.5. The number of hydrogen-bond acceptors (Lipinski definition) is 4. The van der Waals surface area contributed by atoms with E-state index in [2.05, 4.69) is 17.9 Å². The zero-order valence-electron chi connectivity index (χ0n) is 13.2. The van der Waals surface area contributed by atoms with Gasteiger partial charge in [-0.05, 0) is 48.4 Å². The first kappa shape index (κ1) is 16.6. The molecule has 0 amide bonds. The molecule has 0 aliphatic carbocycles. The smallest absolute Gasteiger partial charge is 0.0998 e. The molecule has 23 heavy (non-hydrogen) atoms. The lowest BCUT2D eigenvalue weighted by atomic mass is 10.0. The summed E-state index contributed by atoms with van der Waals surface area (Å²) in [6.07, 6.45) is 1.86. The molecule has 0 radical (unpaired) electrons. The van der Waals surface area contributed by atoms with E-state index in [9.17, 15) is 5.26 Å². The fourth-order valence-electron chi connectivity index (χ4n) is 2.38. The number of likely N-dealkylation sites (N-methyl/N-ethyl adjacent to an activating group) is 1. The minimum atomic E-state index is 0.130. The molecular formula is C19H21N3O. The predicted molar refractivity (Wildman–Crippen MR) is 95.8 cm³/mol. The van der Waals surface area contributed by atoms with E-state index < -0.39 is 0 Å². The Labute approximate surface area is 137 Å². The highest BCUT2D eigenvalue weighted by molar-refractivity contribution is 5.90. The van der Waals surface area contributed by atoms with Crippen LogP contribution in [0.1, 0.15) is 18.1 Å². The van der Waals surface area contributed by atoms with E-state index in [0.717, 1.165) is 23.4 Å². The Morgan fingerprint density at radius 1 is 1.17 bits per heavy atom. The highest BCUT2D eigenvalue weighted by atomic mass is 16.3. The maximum absolute atomic E-state index is 9.38. The third kappa shape index (κ3) is 4.35. The standard InChI is InChI=1S/C19H21N3O/c1-2-22(11-12-23)19-9-3-15(4-10-19)13-17(14-20)16-5-7-18(21)8-6-16/h3-10,13,23H,2,11-12,21H2,1H3/b17-13+. The summed E-state index contributed by atoms with van der Waals surface area (Å²) in [6.45, 7) is 3.63. The van der Waals surface area contributed by atoms with Gasteiger partial charge in [0.1, 0.15) is 0 Å². The molecule has 2 aromatic carbocycles. The second-order valence-electron chi connectivity index (χ2n) is 5.19. The Bertz CT molecular complexity index is 697. The average molecular weight is 307 g/mol. The Balaban J connectivity index is 2.24. The second kappa shape index (κ2) is 8.02. The van der Waals surface area contributed by atoms with Gasteiger partial charge in [-0.15, -0.1) is 0 Å². The van der Waals surface area contributed by atoms with Crippen LogP contribution in [0.4, 0.5) is 11.4 Å². The second-order valence-corrected chi connectivity index (χ2v) is 5.19. The van der Waals surface area contributed by atoms with Gasteiger partial charge in [-0.25, -0.2) is 0 Å². The number of anilines is 2. The molecule has 0 unspecified atom stereocenters. The molecule has 0 saturated carbocycles. The molecule has 4 nitrogen and oxygen atoms in total. The molecule has 0 heterocycles. The topological polar surface area (TPSA) is 73.3 Å². The van der Waals surface area contributed by atoms with Crippen LogP contribution in [0.15, 0.2) is 48.5 Å². The number of rotatable bonds is 6. The van der Waals surface area contributed by atoms with Gasteiger partial charge in [-0.1, -0.05) is 24.3 Å². The van der Waals surface area contributed by atoms with Crippen molar-refractivity contribution in [1.82, 2.24) is 0 Å². The van der Waals surface area contributed by atoms with E-state index >= 15 is 0 Å². The molecule has 4 heteroatoms. The fourth-order valence-corrected chi connectivity index (χ4v) is 2.38. The molecule has 3 N–H and O–H groups in total. The molecule has 0 spiro atoms. The summed E-state index contributed by atoms with van der Waals surface area (Å²) in [5.74, 6) is 0. The van der Waals surface area contributed by atoms with Crippen LogP contribution in [0.2, 0.25) is 0 Å². The van der Waals surface area contributed by atoms with Crippen molar-refractivity contribution in [3.8, 4) is 6.07 Å². The Hall–Kier alpha value is -2.77. The average Bonchev–Trinajstić information content (AvgIpc) is 2.59. The third-order valence-electron chi connectivity index (χ3n) is 3.66. The monoisotopic (exact) mass is 307 g/mol.